The van der Waals surface area contributed by atoms with Gasteiger partial charge in [-0.15, -0.1) is 0 Å². The first-order valence-electron chi connectivity index (χ1n) is 6.12. The van der Waals surface area contributed by atoms with Gasteiger partial charge in [-0.1, -0.05) is 23.7 Å². The third-order valence-electron chi connectivity index (χ3n) is 3.16. The van der Waals surface area contributed by atoms with Crippen molar-refractivity contribution in [2.75, 3.05) is 5.32 Å². The maximum absolute atomic E-state index is 5.87. The fraction of sp³-hybridized carbons (Fsp3) is 0.133. The van der Waals surface area contributed by atoms with Crippen molar-refractivity contribution in [3.05, 3.63) is 59.2 Å². The molecule has 0 aliphatic rings. The molecule has 3 nitrogen and oxygen atoms in total. The Morgan fingerprint density at radius 2 is 1.95 bits per heavy atom. The van der Waals surface area contributed by atoms with E-state index in [1.54, 1.807) is 0 Å². The molecule has 3 rings (SSSR count). The van der Waals surface area contributed by atoms with Crippen molar-refractivity contribution in [2.45, 2.75) is 6.54 Å². The molecule has 0 aliphatic carbocycles. The van der Waals surface area contributed by atoms with Crippen molar-refractivity contribution in [1.29, 1.82) is 0 Å². The molecule has 1 aromatic heterocycles. The molecule has 0 amide bonds. The highest BCUT2D eigenvalue weighted by Crippen LogP contribution is 2.19. The molecule has 0 saturated heterocycles. The van der Waals surface area contributed by atoms with Crippen LogP contribution in [0.4, 0.5) is 5.69 Å². The summed E-state index contributed by atoms with van der Waals surface area (Å²) in [6, 6.07) is 14.1. The Balaban J connectivity index is 1.76. The minimum Gasteiger partial charge on any atom is -0.381 e. The number of hydrogen-bond donors (Lipinski definition) is 1. The van der Waals surface area contributed by atoms with Gasteiger partial charge in [0, 0.05) is 29.7 Å². The van der Waals surface area contributed by atoms with Crippen LogP contribution < -0.4 is 5.32 Å². The van der Waals surface area contributed by atoms with Crippen LogP contribution in [0.3, 0.4) is 0 Å². The number of hydrogen-bond acceptors (Lipinski definition) is 2. The van der Waals surface area contributed by atoms with Gasteiger partial charge in [0.2, 0.25) is 0 Å². The summed E-state index contributed by atoms with van der Waals surface area (Å²) in [6.07, 6.45) is 1.88. The molecule has 1 heterocycles. The third-order valence-corrected chi connectivity index (χ3v) is 3.41. The predicted octanol–water partition coefficient (Wildman–Crippen LogP) is 3.84. The smallest absolute Gasteiger partial charge is 0.0680 e. The maximum atomic E-state index is 5.87. The standard InChI is InChI=1S/C15H14ClN3/c1-19-15-7-6-14(8-12(15)10-18-19)17-9-11-2-4-13(16)5-3-11/h2-8,10,17H,9H2,1H3. The van der Waals surface area contributed by atoms with Gasteiger partial charge in [-0.3, -0.25) is 4.68 Å². The van der Waals surface area contributed by atoms with Crippen LogP contribution in [0.5, 0.6) is 0 Å². The Kier molecular flexibility index (Phi) is 3.13. The minimum atomic E-state index is 0.764. The van der Waals surface area contributed by atoms with Crippen LogP contribution >= 0.6 is 11.6 Å². The second-order valence-corrected chi connectivity index (χ2v) is 4.96. The first kappa shape index (κ1) is 12.1. The molecule has 0 radical (unpaired) electrons. The molecule has 0 spiro atoms. The van der Waals surface area contributed by atoms with Crippen LogP contribution in [0.25, 0.3) is 10.9 Å². The highest BCUT2D eigenvalue weighted by atomic mass is 35.5. The van der Waals surface area contributed by atoms with E-state index in [0.717, 1.165) is 28.2 Å². The topological polar surface area (TPSA) is 29.9 Å². The lowest BCUT2D eigenvalue weighted by molar-refractivity contribution is 0.797. The lowest BCUT2D eigenvalue weighted by Crippen LogP contribution is -1.99. The second-order valence-electron chi connectivity index (χ2n) is 4.52. The van der Waals surface area contributed by atoms with Gasteiger partial charge in [-0.2, -0.15) is 5.10 Å². The Morgan fingerprint density at radius 3 is 2.74 bits per heavy atom. The average Bonchev–Trinajstić information content (AvgIpc) is 2.79. The monoisotopic (exact) mass is 271 g/mol. The number of aromatic nitrogens is 2. The van der Waals surface area contributed by atoms with Gasteiger partial charge >= 0.3 is 0 Å². The van der Waals surface area contributed by atoms with Gasteiger partial charge in [-0.05, 0) is 35.9 Å². The fourth-order valence-electron chi connectivity index (χ4n) is 2.08. The summed E-state index contributed by atoms with van der Waals surface area (Å²) in [7, 11) is 1.95. The van der Waals surface area contributed by atoms with Gasteiger partial charge in [0.1, 0.15) is 0 Å². The number of halogens is 1. The van der Waals surface area contributed by atoms with Gasteiger partial charge in [0.05, 0.1) is 11.7 Å². The van der Waals surface area contributed by atoms with E-state index in [4.69, 9.17) is 11.6 Å². The molecule has 96 valence electrons. The summed E-state index contributed by atoms with van der Waals surface area (Å²) in [6.45, 7) is 0.781. The molecule has 0 saturated carbocycles. The number of anilines is 1. The second kappa shape index (κ2) is 4.94. The molecule has 19 heavy (non-hydrogen) atoms. The quantitative estimate of drug-likeness (QED) is 0.784. The maximum Gasteiger partial charge on any atom is 0.0680 e. The Labute approximate surface area is 116 Å². The highest BCUT2D eigenvalue weighted by molar-refractivity contribution is 6.30. The molecule has 4 heteroatoms. The van der Waals surface area contributed by atoms with E-state index >= 15 is 0 Å². The van der Waals surface area contributed by atoms with E-state index in [9.17, 15) is 0 Å². The molecular weight excluding hydrogens is 258 g/mol. The summed E-state index contributed by atoms with van der Waals surface area (Å²) in [5, 5.41) is 9.55. The highest BCUT2D eigenvalue weighted by Gasteiger charge is 2.00. The van der Waals surface area contributed by atoms with Crippen molar-refractivity contribution < 1.29 is 0 Å². The van der Waals surface area contributed by atoms with Crippen molar-refractivity contribution in [2.24, 2.45) is 7.05 Å². The molecule has 0 atom stereocenters. The van der Waals surface area contributed by atoms with Crippen LogP contribution in [0, 0.1) is 0 Å². The van der Waals surface area contributed by atoms with Gasteiger partial charge < -0.3 is 5.32 Å². The van der Waals surface area contributed by atoms with Crippen molar-refractivity contribution in [1.82, 2.24) is 9.78 Å². The summed E-state index contributed by atoms with van der Waals surface area (Å²) in [5.41, 5.74) is 3.43. The number of nitrogens with one attached hydrogen (secondary N) is 1. The van der Waals surface area contributed by atoms with E-state index in [-0.39, 0.29) is 0 Å². The molecule has 1 N–H and O–H groups in total. The Hall–Kier alpha value is -2.00. The molecular formula is C15H14ClN3. The summed E-state index contributed by atoms with van der Waals surface area (Å²) in [5.74, 6) is 0. The lowest BCUT2D eigenvalue weighted by atomic mass is 10.2. The van der Waals surface area contributed by atoms with Gasteiger partial charge in [-0.25, -0.2) is 0 Å². The number of nitrogens with zero attached hydrogens (tertiary/aromatic N) is 2. The SMILES string of the molecule is Cn1ncc2cc(NCc3ccc(Cl)cc3)ccc21. The van der Waals surface area contributed by atoms with Crippen LogP contribution in [0.2, 0.25) is 5.02 Å². The molecule has 2 aromatic carbocycles. The van der Waals surface area contributed by atoms with E-state index in [1.165, 1.54) is 5.56 Å². The van der Waals surface area contributed by atoms with Crippen molar-refractivity contribution in [3.63, 3.8) is 0 Å². The largest absolute Gasteiger partial charge is 0.381 e. The fourth-order valence-corrected chi connectivity index (χ4v) is 2.21. The van der Waals surface area contributed by atoms with E-state index < -0.39 is 0 Å². The molecule has 3 aromatic rings. The van der Waals surface area contributed by atoms with Crippen LogP contribution in [0.15, 0.2) is 48.7 Å². The Bertz CT molecular complexity index is 701. The summed E-state index contributed by atoms with van der Waals surface area (Å²) < 4.78 is 1.87. The van der Waals surface area contributed by atoms with Crippen molar-refractivity contribution >= 4 is 28.2 Å². The molecule has 0 aliphatic heterocycles. The summed E-state index contributed by atoms with van der Waals surface area (Å²) >= 11 is 5.87. The minimum absolute atomic E-state index is 0.764. The van der Waals surface area contributed by atoms with Crippen LogP contribution in [-0.4, -0.2) is 9.78 Å². The van der Waals surface area contributed by atoms with E-state index in [2.05, 4.69) is 28.6 Å². The lowest BCUT2D eigenvalue weighted by Gasteiger charge is -2.07. The summed E-state index contributed by atoms with van der Waals surface area (Å²) in [4.78, 5) is 0. The average molecular weight is 272 g/mol. The van der Waals surface area contributed by atoms with Crippen molar-refractivity contribution in [3.8, 4) is 0 Å². The number of rotatable bonds is 3. The normalized spacial score (nSPS) is 10.8. The number of benzene rings is 2. The van der Waals surface area contributed by atoms with Crippen LogP contribution in [-0.2, 0) is 13.6 Å². The Morgan fingerprint density at radius 1 is 1.16 bits per heavy atom. The zero-order valence-corrected chi connectivity index (χ0v) is 11.4. The predicted molar refractivity (Wildman–Crippen MR) is 79.5 cm³/mol. The molecule has 0 bridgehead atoms. The van der Waals surface area contributed by atoms with E-state index in [1.807, 2.05) is 42.2 Å². The van der Waals surface area contributed by atoms with Gasteiger partial charge in [0.15, 0.2) is 0 Å². The first-order chi connectivity index (χ1) is 9.22. The zero-order valence-electron chi connectivity index (χ0n) is 10.6. The number of fused-ring (bicyclic) bond motifs is 1. The van der Waals surface area contributed by atoms with Crippen LogP contribution in [0.1, 0.15) is 5.56 Å². The first-order valence-corrected chi connectivity index (χ1v) is 6.50. The molecule has 0 fully saturated rings. The third kappa shape index (κ3) is 2.56. The molecule has 0 unspecified atom stereocenters. The van der Waals surface area contributed by atoms with E-state index in [0.29, 0.717) is 0 Å². The number of aryl methyl sites for hydroxylation is 1. The zero-order chi connectivity index (χ0) is 13.2. The van der Waals surface area contributed by atoms with Gasteiger partial charge in [0.25, 0.3) is 0 Å².